The Morgan fingerprint density at radius 3 is 2.59 bits per heavy atom. The lowest BCUT2D eigenvalue weighted by atomic mass is 10.1. The number of imidazole rings is 1. The topological polar surface area (TPSA) is 144 Å². The zero-order chi connectivity index (χ0) is 30.3. The van der Waals surface area contributed by atoms with E-state index in [2.05, 4.69) is 21.9 Å². The van der Waals surface area contributed by atoms with Crippen LogP contribution in [0.15, 0.2) is 77.3 Å². The van der Waals surface area contributed by atoms with Gasteiger partial charge in [-0.1, -0.05) is 24.4 Å². The zero-order valence-electron chi connectivity index (χ0n) is 23.4. The lowest BCUT2D eigenvalue weighted by Gasteiger charge is -2.19. The minimum absolute atomic E-state index is 0.0678. The molecular weight excluding hydrogens is 548 g/mol. The van der Waals surface area contributed by atoms with Crippen LogP contribution in [0.2, 0.25) is 0 Å². The number of amides is 1. The van der Waals surface area contributed by atoms with Gasteiger partial charge in [-0.3, -0.25) is 14.8 Å². The summed E-state index contributed by atoms with van der Waals surface area (Å²) in [5, 5.41) is 4.40. The Morgan fingerprint density at radius 1 is 1.22 bits per heavy atom. The molecule has 13 heteroatoms. The number of alkyl halides is 2. The highest BCUT2D eigenvalue weighted by Crippen LogP contribution is 2.27. The van der Waals surface area contributed by atoms with Gasteiger partial charge in [-0.15, -0.1) is 0 Å². The van der Waals surface area contributed by atoms with E-state index in [1.165, 1.54) is 35.7 Å². The number of hydrogen-bond donors (Lipinski definition) is 4. The number of carbonyl (C=O) groups is 1. The number of aromatic nitrogens is 2. The second-order valence-corrected chi connectivity index (χ2v) is 10.6. The molecule has 0 unspecified atom stereocenters. The minimum Gasteiger partial charge on any atom is -0.397 e. The van der Waals surface area contributed by atoms with E-state index in [0.29, 0.717) is 39.4 Å². The second-order valence-electron chi connectivity index (χ2n) is 9.53. The maximum absolute atomic E-state index is 13.6. The van der Waals surface area contributed by atoms with E-state index in [1.54, 1.807) is 35.9 Å². The fraction of sp³-hybridized carbons (Fsp3) is 0.250. The maximum atomic E-state index is 13.6. The molecule has 0 aliphatic rings. The number of halogens is 2. The maximum Gasteiger partial charge on any atom is 0.263 e. The summed E-state index contributed by atoms with van der Waals surface area (Å²) in [6.07, 6.45) is 1.92. The van der Waals surface area contributed by atoms with E-state index in [0.717, 1.165) is 23.9 Å². The first kappa shape index (κ1) is 31.3. The summed E-state index contributed by atoms with van der Waals surface area (Å²) >= 11 is 1.14. The Morgan fingerprint density at radius 2 is 1.95 bits per heavy atom. The molecule has 0 radical (unpaired) electrons. The van der Waals surface area contributed by atoms with Gasteiger partial charge in [-0.2, -0.15) is 0 Å². The van der Waals surface area contributed by atoms with Crippen molar-refractivity contribution < 1.29 is 13.6 Å². The molecule has 1 amide bonds. The number of carbonyl (C=O) groups excluding carboxylic acids is 1. The molecule has 7 N–H and O–H groups in total. The van der Waals surface area contributed by atoms with Gasteiger partial charge in [0.1, 0.15) is 0 Å². The van der Waals surface area contributed by atoms with Gasteiger partial charge in [0.2, 0.25) is 0 Å². The number of aryl methyl sites for hydroxylation is 2. The van der Waals surface area contributed by atoms with Crippen molar-refractivity contribution in [3.05, 3.63) is 94.7 Å². The van der Waals surface area contributed by atoms with Crippen molar-refractivity contribution in [2.75, 3.05) is 37.5 Å². The number of amidine groups is 1. The van der Waals surface area contributed by atoms with Crippen molar-refractivity contribution in [3.8, 4) is 5.69 Å². The molecule has 3 rings (SSSR count). The summed E-state index contributed by atoms with van der Waals surface area (Å²) in [4.78, 5) is 24.0. The van der Waals surface area contributed by atoms with Crippen LogP contribution in [0.5, 0.6) is 0 Å². The van der Waals surface area contributed by atoms with E-state index in [9.17, 15) is 13.6 Å². The molecule has 0 fully saturated rings. The van der Waals surface area contributed by atoms with Gasteiger partial charge >= 0.3 is 0 Å². The number of thioether (sulfide) groups is 1. The summed E-state index contributed by atoms with van der Waals surface area (Å²) < 4.78 is 28.8. The largest absolute Gasteiger partial charge is 0.397 e. The van der Waals surface area contributed by atoms with Crippen LogP contribution in [0.25, 0.3) is 5.69 Å². The van der Waals surface area contributed by atoms with E-state index in [4.69, 9.17) is 17.3 Å². The molecule has 218 valence electrons. The summed E-state index contributed by atoms with van der Waals surface area (Å²) in [7, 11) is 3.89. The van der Waals surface area contributed by atoms with Crippen molar-refractivity contribution in [1.82, 2.24) is 14.5 Å². The van der Waals surface area contributed by atoms with E-state index < -0.39 is 12.3 Å². The van der Waals surface area contributed by atoms with Crippen molar-refractivity contribution >= 4 is 34.2 Å². The Kier molecular flexibility index (Phi) is 10.6. The number of nitrogens with one attached hydrogen (secondary N) is 1. The number of nitrogens with zero attached hydrogens (tertiary/aromatic N) is 5. The van der Waals surface area contributed by atoms with Gasteiger partial charge in [-0.05, 0) is 63.8 Å². The van der Waals surface area contributed by atoms with E-state index >= 15 is 0 Å². The number of aliphatic imine (C=N–C) groups is 1. The molecule has 3 aromatic rings. The average Bonchev–Trinajstić information content (AvgIpc) is 3.35. The molecule has 10 nitrogen and oxygen atoms in total. The van der Waals surface area contributed by atoms with Crippen LogP contribution in [-0.2, 0) is 0 Å². The summed E-state index contributed by atoms with van der Waals surface area (Å²) in [5.41, 5.74) is 15.1. The molecule has 0 aliphatic carbocycles. The van der Waals surface area contributed by atoms with Crippen molar-refractivity contribution in [3.63, 3.8) is 0 Å². The summed E-state index contributed by atoms with van der Waals surface area (Å²) in [6, 6.07) is 9.12. The zero-order valence-corrected chi connectivity index (χ0v) is 24.3. The number of rotatable bonds is 11. The molecule has 1 heterocycles. The fourth-order valence-electron chi connectivity index (χ4n) is 3.64. The second kappa shape index (κ2) is 13.9. The Bertz CT molecular complexity index is 1470. The highest BCUT2D eigenvalue weighted by atomic mass is 32.2. The Balaban J connectivity index is 1.78. The number of hydrazine groups is 1. The lowest BCUT2D eigenvalue weighted by Crippen LogP contribution is -2.27. The van der Waals surface area contributed by atoms with Crippen molar-refractivity contribution in [1.29, 1.82) is 0 Å². The quantitative estimate of drug-likeness (QED) is 0.0861. The molecule has 1 aromatic heterocycles. The van der Waals surface area contributed by atoms with Gasteiger partial charge in [0, 0.05) is 46.3 Å². The Hall–Kier alpha value is -4.20. The molecule has 0 spiro atoms. The van der Waals surface area contributed by atoms with Crippen LogP contribution >= 0.6 is 11.8 Å². The lowest BCUT2D eigenvalue weighted by molar-refractivity contribution is 0.102. The van der Waals surface area contributed by atoms with Crippen LogP contribution in [0.3, 0.4) is 0 Å². The highest BCUT2D eigenvalue weighted by Gasteiger charge is 2.16. The van der Waals surface area contributed by atoms with Crippen LogP contribution in [0.4, 0.5) is 20.2 Å². The number of anilines is 2. The van der Waals surface area contributed by atoms with Crippen molar-refractivity contribution in [2.24, 2.45) is 22.3 Å². The van der Waals surface area contributed by atoms with Gasteiger partial charge < -0.3 is 26.3 Å². The number of likely N-dealkylation sites (N-methyl/N-ethyl adjacent to an activating group) is 1. The van der Waals surface area contributed by atoms with Crippen LogP contribution in [0.1, 0.15) is 33.6 Å². The first-order chi connectivity index (χ1) is 19.3. The number of hydrogen-bond acceptors (Lipinski definition) is 8. The van der Waals surface area contributed by atoms with E-state index in [1.807, 2.05) is 25.9 Å². The third kappa shape index (κ3) is 8.90. The third-order valence-corrected chi connectivity index (χ3v) is 6.67. The SMILES string of the molecule is C=C(SC(N)=NCCN(C)C)/C(N)=C/N(N)c1cc(NC(=O)c2cc(C(F)F)cc(-n3cnc(C)c3)c2)ccc1C. The highest BCUT2D eigenvalue weighted by molar-refractivity contribution is 8.17. The smallest absolute Gasteiger partial charge is 0.263 e. The monoisotopic (exact) mass is 583 g/mol. The first-order valence-electron chi connectivity index (χ1n) is 12.5. The molecule has 41 heavy (non-hydrogen) atoms. The summed E-state index contributed by atoms with van der Waals surface area (Å²) in [6.45, 7) is 8.87. The van der Waals surface area contributed by atoms with Gasteiger partial charge in [0.25, 0.3) is 12.3 Å². The minimum atomic E-state index is -2.76. The molecule has 2 aromatic carbocycles. The van der Waals surface area contributed by atoms with E-state index in [-0.39, 0.29) is 16.8 Å². The number of benzene rings is 2. The molecular formula is C28H35F2N9OS. The fourth-order valence-corrected chi connectivity index (χ4v) is 4.22. The van der Waals surface area contributed by atoms with Gasteiger partial charge in [0.15, 0.2) is 5.17 Å². The van der Waals surface area contributed by atoms with Gasteiger partial charge in [0.05, 0.1) is 30.0 Å². The van der Waals surface area contributed by atoms with Crippen LogP contribution in [-0.4, -0.2) is 52.7 Å². The van der Waals surface area contributed by atoms with Crippen LogP contribution in [0, 0.1) is 13.8 Å². The predicted octanol–water partition coefficient (Wildman–Crippen LogP) is 4.28. The van der Waals surface area contributed by atoms with Gasteiger partial charge in [-0.25, -0.2) is 19.6 Å². The third-order valence-electron chi connectivity index (χ3n) is 5.85. The summed E-state index contributed by atoms with van der Waals surface area (Å²) in [5.74, 6) is 5.72. The molecule has 0 bridgehead atoms. The predicted molar refractivity (Wildman–Crippen MR) is 163 cm³/mol. The normalized spacial score (nSPS) is 12.2. The average molecular weight is 584 g/mol. The molecule has 0 saturated carbocycles. The molecule has 0 aliphatic heterocycles. The standard InChI is InChI=1S/C28H35F2N9OS/c1-17-6-7-22(13-25(17)39(33)15-24(31)19(3)41-28(32)34-8-9-37(4)5)36-27(40)21-10-20(26(29)30)11-23(12-21)38-14-18(2)35-16-38/h6-7,10-16,26H,3,8-9,31,33H2,1-2,4-5H3,(H2,32,34)(H,36,40)/b24-15-. The molecule has 0 atom stereocenters. The van der Waals surface area contributed by atoms with Crippen LogP contribution < -0.4 is 27.6 Å². The Labute approximate surface area is 242 Å². The van der Waals surface area contributed by atoms with Crippen molar-refractivity contribution in [2.45, 2.75) is 20.3 Å². The first-order valence-corrected chi connectivity index (χ1v) is 13.3. The molecule has 0 saturated heterocycles. The number of nitrogens with two attached hydrogens (primary N) is 3.